The van der Waals surface area contributed by atoms with Crippen molar-refractivity contribution in [2.45, 2.75) is 13.8 Å². The monoisotopic (exact) mass is 299 g/mol. The van der Waals surface area contributed by atoms with Crippen molar-refractivity contribution in [1.29, 1.82) is 5.26 Å². The minimum atomic E-state index is 0.279. The lowest BCUT2D eigenvalue weighted by Crippen LogP contribution is -2.04. The standard InChI is InChI=1S/C14H10ClN5O/c1-8-9(2)19-14-17-7-18-20(14)13(8)21-12-5-3-4-11(15)10(12)6-16/h3-5,7H,1-2H3. The van der Waals surface area contributed by atoms with E-state index in [-0.39, 0.29) is 5.56 Å². The molecule has 0 bridgehead atoms. The molecule has 0 aliphatic heterocycles. The third-order valence-electron chi connectivity index (χ3n) is 3.15. The minimum absolute atomic E-state index is 0.279. The number of hydrogen-bond acceptors (Lipinski definition) is 5. The highest BCUT2D eigenvalue weighted by Gasteiger charge is 2.16. The van der Waals surface area contributed by atoms with E-state index in [9.17, 15) is 5.26 Å². The number of nitriles is 1. The van der Waals surface area contributed by atoms with E-state index in [0.717, 1.165) is 11.3 Å². The Bertz CT molecular complexity index is 881. The molecular formula is C14H10ClN5O. The van der Waals surface area contributed by atoms with Crippen LogP contribution in [0.5, 0.6) is 11.6 Å². The number of hydrogen-bond donors (Lipinski definition) is 0. The predicted molar refractivity (Wildman–Crippen MR) is 76.5 cm³/mol. The molecule has 0 N–H and O–H groups in total. The molecule has 1 aromatic carbocycles. The molecule has 0 unspecified atom stereocenters. The van der Waals surface area contributed by atoms with Crippen molar-refractivity contribution < 1.29 is 4.74 Å². The van der Waals surface area contributed by atoms with Gasteiger partial charge in [-0.25, -0.2) is 4.98 Å². The molecule has 2 aromatic heterocycles. The van der Waals surface area contributed by atoms with Crippen LogP contribution < -0.4 is 4.74 Å². The zero-order valence-electron chi connectivity index (χ0n) is 11.3. The lowest BCUT2D eigenvalue weighted by molar-refractivity contribution is 0.439. The van der Waals surface area contributed by atoms with Crippen molar-refractivity contribution in [3.63, 3.8) is 0 Å². The molecule has 0 aliphatic rings. The van der Waals surface area contributed by atoms with Crippen LogP contribution in [0.25, 0.3) is 5.78 Å². The molecule has 0 atom stereocenters. The Morgan fingerprint density at radius 2 is 2.14 bits per heavy atom. The van der Waals surface area contributed by atoms with Gasteiger partial charge in [-0.3, -0.25) is 0 Å². The average Bonchev–Trinajstić information content (AvgIpc) is 2.92. The summed E-state index contributed by atoms with van der Waals surface area (Å²) < 4.78 is 7.37. The predicted octanol–water partition coefficient (Wildman–Crippen LogP) is 3.06. The summed E-state index contributed by atoms with van der Waals surface area (Å²) >= 11 is 6.01. The van der Waals surface area contributed by atoms with Crippen LogP contribution >= 0.6 is 11.6 Å². The maximum Gasteiger partial charge on any atom is 0.255 e. The molecule has 0 spiro atoms. The first-order chi connectivity index (χ1) is 10.1. The third kappa shape index (κ3) is 2.18. The topological polar surface area (TPSA) is 76.1 Å². The van der Waals surface area contributed by atoms with Crippen molar-refractivity contribution in [2.75, 3.05) is 0 Å². The largest absolute Gasteiger partial charge is 0.437 e. The van der Waals surface area contributed by atoms with Crippen LogP contribution in [0.2, 0.25) is 5.02 Å². The lowest BCUT2D eigenvalue weighted by Gasteiger charge is -2.12. The smallest absolute Gasteiger partial charge is 0.255 e. The second kappa shape index (κ2) is 5.04. The van der Waals surface area contributed by atoms with Crippen molar-refractivity contribution in [3.8, 4) is 17.7 Å². The van der Waals surface area contributed by atoms with Crippen molar-refractivity contribution in [2.24, 2.45) is 0 Å². The maximum atomic E-state index is 9.21. The van der Waals surface area contributed by atoms with Crippen LogP contribution in [0.1, 0.15) is 16.8 Å². The summed E-state index contributed by atoms with van der Waals surface area (Å²) in [5.41, 5.74) is 1.88. The summed E-state index contributed by atoms with van der Waals surface area (Å²) in [4.78, 5) is 8.37. The van der Waals surface area contributed by atoms with E-state index in [4.69, 9.17) is 16.3 Å². The zero-order chi connectivity index (χ0) is 15.0. The van der Waals surface area contributed by atoms with Crippen molar-refractivity contribution in [3.05, 3.63) is 46.4 Å². The van der Waals surface area contributed by atoms with Crippen LogP contribution in [-0.4, -0.2) is 19.6 Å². The first-order valence-electron chi connectivity index (χ1n) is 6.15. The number of nitrogens with zero attached hydrogens (tertiary/aromatic N) is 5. The number of ether oxygens (including phenoxy) is 1. The second-order valence-corrected chi connectivity index (χ2v) is 4.83. The number of benzene rings is 1. The molecule has 2 heterocycles. The van der Waals surface area contributed by atoms with Gasteiger partial charge in [0.05, 0.1) is 5.02 Å². The van der Waals surface area contributed by atoms with Gasteiger partial charge in [0.15, 0.2) is 0 Å². The normalized spacial score (nSPS) is 10.6. The van der Waals surface area contributed by atoms with Gasteiger partial charge < -0.3 is 4.74 Å². The zero-order valence-corrected chi connectivity index (χ0v) is 12.1. The van der Waals surface area contributed by atoms with E-state index < -0.39 is 0 Å². The van der Waals surface area contributed by atoms with Crippen LogP contribution in [0, 0.1) is 25.2 Å². The molecule has 0 aliphatic carbocycles. The van der Waals surface area contributed by atoms with E-state index in [2.05, 4.69) is 15.1 Å². The van der Waals surface area contributed by atoms with E-state index >= 15 is 0 Å². The fraction of sp³-hybridized carbons (Fsp3) is 0.143. The Labute approximate surface area is 125 Å². The van der Waals surface area contributed by atoms with E-state index in [1.165, 1.54) is 10.8 Å². The second-order valence-electron chi connectivity index (χ2n) is 4.43. The molecule has 6 nitrogen and oxygen atoms in total. The van der Waals surface area contributed by atoms with Gasteiger partial charge in [0.1, 0.15) is 23.7 Å². The number of aryl methyl sites for hydroxylation is 1. The Kier molecular flexibility index (Phi) is 3.20. The molecule has 0 saturated carbocycles. The maximum absolute atomic E-state index is 9.21. The van der Waals surface area contributed by atoms with Gasteiger partial charge in [0.2, 0.25) is 5.88 Å². The van der Waals surface area contributed by atoms with Gasteiger partial charge in [0, 0.05) is 11.3 Å². The molecule has 104 valence electrons. The average molecular weight is 300 g/mol. The summed E-state index contributed by atoms with van der Waals surface area (Å²) in [6.45, 7) is 3.73. The molecule has 0 saturated heterocycles. The fourth-order valence-corrected chi connectivity index (χ4v) is 2.13. The summed E-state index contributed by atoms with van der Waals surface area (Å²) in [7, 11) is 0. The van der Waals surface area contributed by atoms with E-state index in [0.29, 0.717) is 22.4 Å². The molecule has 21 heavy (non-hydrogen) atoms. The van der Waals surface area contributed by atoms with E-state index in [1.54, 1.807) is 18.2 Å². The molecule has 0 fully saturated rings. The minimum Gasteiger partial charge on any atom is -0.437 e. The summed E-state index contributed by atoms with van der Waals surface area (Å²) in [6, 6.07) is 7.09. The Morgan fingerprint density at radius 1 is 1.33 bits per heavy atom. The van der Waals surface area contributed by atoms with Gasteiger partial charge in [-0.1, -0.05) is 17.7 Å². The fourth-order valence-electron chi connectivity index (χ4n) is 1.92. The number of rotatable bonds is 2. The molecule has 7 heteroatoms. The van der Waals surface area contributed by atoms with Gasteiger partial charge in [0.25, 0.3) is 5.78 Å². The van der Waals surface area contributed by atoms with Crippen LogP contribution in [0.15, 0.2) is 24.5 Å². The summed E-state index contributed by atoms with van der Waals surface area (Å²) in [5.74, 6) is 1.28. The van der Waals surface area contributed by atoms with Crippen molar-refractivity contribution >= 4 is 17.4 Å². The third-order valence-corrected chi connectivity index (χ3v) is 3.46. The first kappa shape index (κ1) is 13.3. The molecule has 0 radical (unpaired) electrons. The number of aromatic nitrogens is 4. The summed E-state index contributed by atoms with van der Waals surface area (Å²) in [6.07, 6.45) is 1.40. The highest BCUT2D eigenvalue weighted by Crippen LogP contribution is 2.31. The Hall–Kier alpha value is -2.65. The molecule has 3 aromatic rings. The summed E-state index contributed by atoms with van der Waals surface area (Å²) in [5, 5.41) is 13.7. The van der Waals surface area contributed by atoms with Gasteiger partial charge >= 0.3 is 0 Å². The molecule has 0 amide bonds. The first-order valence-corrected chi connectivity index (χ1v) is 6.53. The molecular weight excluding hydrogens is 290 g/mol. The van der Waals surface area contributed by atoms with Gasteiger partial charge in [-0.05, 0) is 26.0 Å². The quantitative estimate of drug-likeness (QED) is 0.727. The van der Waals surface area contributed by atoms with E-state index in [1.807, 2.05) is 19.9 Å². The van der Waals surface area contributed by atoms with Crippen LogP contribution in [0.4, 0.5) is 0 Å². The highest BCUT2D eigenvalue weighted by molar-refractivity contribution is 6.31. The SMILES string of the molecule is Cc1nc2ncnn2c(Oc2cccc(Cl)c2C#N)c1C. The number of fused-ring (bicyclic) bond motifs is 1. The van der Waals surface area contributed by atoms with Gasteiger partial charge in [-0.2, -0.15) is 19.9 Å². The Morgan fingerprint density at radius 3 is 2.90 bits per heavy atom. The lowest BCUT2D eigenvalue weighted by atomic mass is 10.2. The van der Waals surface area contributed by atoms with Crippen LogP contribution in [-0.2, 0) is 0 Å². The number of halogens is 1. The highest BCUT2D eigenvalue weighted by atomic mass is 35.5. The van der Waals surface area contributed by atoms with Crippen molar-refractivity contribution in [1.82, 2.24) is 19.6 Å². The molecule has 3 rings (SSSR count). The van der Waals surface area contributed by atoms with Crippen LogP contribution in [0.3, 0.4) is 0 Å². The Balaban J connectivity index is 2.19. The van der Waals surface area contributed by atoms with Gasteiger partial charge in [-0.15, -0.1) is 0 Å².